The lowest BCUT2D eigenvalue weighted by atomic mass is 10.1. The second kappa shape index (κ2) is 6.92. The van der Waals surface area contributed by atoms with E-state index in [1.54, 1.807) is 0 Å². The van der Waals surface area contributed by atoms with E-state index in [4.69, 9.17) is 20.8 Å². The van der Waals surface area contributed by atoms with Gasteiger partial charge in [0, 0.05) is 0 Å². The first kappa shape index (κ1) is 18.1. The highest BCUT2D eigenvalue weighted by Gasteiger charge is 2.28. The van der Waals surface area contributed by atoms with Crippen LogP contribution in [-0.4, -0.2) is 29.9 Å². The second-order valence-corrected chi connectivity index (χ2v) is 5.67. The Labute approximate surface area is 155 Å². The van der Waals surface area contributed by atoms with Gasteiger partial charge in [0.05, 0.1) is 23.7 Å². The molecule has 0 unspecified atom stereocenters. The lowest BCUT2D eigenvalue weighted by molar-refractivity contribution is -0.384. The van der Waals surface area contributed by atoms with E-state index in [1.807, 2.05) is 10.6 Å². The lowest BCUT2D eigenvalue weighted by Crippen LogP contribution is -2.51. The number of urea groups is 1. The monoisotopic (exact) mass is 391 g/mol. The Balaban J connectivity index is 1.99. The Morgan fingerprint density at radius 2 is 1.85 bits per heavy atom. The fourth-order valence-electron chi connectivity index (χ4n) is 2.37. The molecule has 0 bridgehead atoms. The molecule has 0 saturated carbocycles. The van der Waals surface area contributed by atoms with Crippen LogP contribution in [0.15, 0.2) is 34.3 Å². The van der Waals surface area contributed by atoms with Crippen molar-refractivity contribution in [3.05, 3.63) is 50.7 Å². The summed E-state index contributed by atoms with van der Waals surface area (Å²) in [5.41, 5.74) is -0.305. The fourth-order valence-corrected chi connectivity index (χ4v) is 2.60. The number of amides is 4. The van der Waals surface area contributed by atoms with Gasteiger partial charge in [0.15, 0.2) is 0 Å². The van der Waals surface area contributed by atoms with Gasteiger partial charge in [-0.1, -0.05) is 11.6 Å². The molecular weight excluding hydrogens is 382 g/mol. The topological polar surface area (TPSA) is 141 Å². The normalized spacial score (nSPS) is 13.9. The molecule has 1 saturated heterocycles. The van der Waals surface area contributed by atoms with Crippen LogP contribution in [0.4, 0.5) is 10.5 Å². The number of nitrogens with zero attached hydrogens (tertiary/aromatic N) is 1. The van der Waals surface area contributed by atoms with Gasteiger partial charge in [-0.05, 0) is 24.3 Å². The summed E-state index contributed by atoms with van der Waals surface area (Å²) in [6, 6.07) is 4.54. The van der Waals surface area contributed by atoms with Crippen LogP contribution in [0.3, 0.4) is 0 Å². The number of nitrogens with one attached hydrogen (secondary N) is 2. The quantitative estimate of drug-likeness (QED) is 0.352. The molecule has 0 atom stereocenters. The standard InChI is InChI=1S/C16H10ClN3O7/c1-26-13-6-11(20(24)25)10(17)5-8(13)12-3-2-7(27-12)4-9-14(21)18-16(23)19-15(9)22/h2-6H,1H3,(H2,18,19,21,22,23). The summed E-state index contributed by atoms with van der Waals surface area (Å²) in [6.07, 6.45) is 1.15. The van der Waals surface area contributed by atoms with Gasteiger partial charge >= 0.3 is 6.03 Å². The van der Waals surface area contributed by atoms with Gasteiger partial charge in [0.25, 0.3) is 17.5 Å². The van der Waals surface area contributed by atoms with Crippen LogP contribution in [0, 0.1) is 10.1 Å². The number of hydrogen-bond donors (Lipinski definition) is 2. The number of carbonyl (C=O) groups is 3. The molecular formula is C16H10ClN3O7. The van der Waals surface area contributed by atoms with Crippen LogP contribution in [-0.2, 0) is 9.59 Å². The zero-order chi connectivity index (χ0) is 19.7. The molecule has 1 aromatic heterocycles. The molecule has 3 rings (SSSR count). The summed E-state index contributed by atoms with van der Waals surface area (Å²) in [5, 5.41) is 14.7. The number of ether oxygens (including phenoxy) is 1. The van der Waals surface area contributed by atoms with E-state index in [9.17, 15) is 24.5 Å². The third-order valence-electron chi connectivity index (χ3n) is 3.59. The van der Waals surface area contributed by atoms with Crippen LogP contribution in [0.25, 0.3) is 17.4 Å². The summed E-state index contributed by atoms with van der Waals surface area (Å²) in [5.74, 6) is -1.20. The van der Waals surface area contributed by atoms with Gasteiger partial charge < -0.3 is 9.15 Å². The zero-order valence-electron chi connectivity index (χ0n) is 13.6. The number of imide groups is 2. The predicted molar refractivity (Wildman–Crippen MR) is 92.0 cm³/mol. The Morgan fingerprint density at radius 3 is 2.44 bits per heavy atom. The molecule has 4 amide bonds. The Morgan fingerprint density at radius 1 is 1.19 bits per heavy atom. The maximum absolute atomic E-state index is 11.7. The smallest absolute Gasteiger partial charge is 0.328 e. The zero-order valence-corrected chi connectivity index (χ0v) is 14.3. The highest BCUT2D eigenvalue weighted by atomic mass is 35.5. The highest BCUT2D eigenvalue weighted by Crippen LogP contribution is 2.39. The molecule has 0 radical (unpaired) electrons. The van der Waals surface area contributed by atoms with Crippen LogP contribution >= 0.6 is 11.6 Å². The van der Waals surface area contributed by atoms with Crippen LogP contribution in [0.1, 0.15) is 5.76 Å². The van der Waals surface area contributed by atoms with E-state index in [0.717, 1.165) is 12.1 Å². The maximum Gasteiger partial charge on any atom is 0.328 e. The van der Waals surface area contributed by atoms with E-state index >= 15 is 0 Å². The predicted octanol–water partition coefficient (Wildman–Crippen LogP) is 2.27. The first-order valence-corrected chi connectivity index (χ1v) is 7.68. The van der Waals surface area contributed by atoms with Crippen molar-refractivity contribution in [1.29, 1.82) is 0 Å². The van der Waals surface area contributed by atoms with E-state index in [0.29, 0.717) is 5.56 Å². The van der Waals surface area contributed by atoms with E-state index < -0.39 is 22.8 Å². The molecule has 2 N–H and O–H groups in total. The number of rotatable bonds is 4. The van der Waals surface area contributed by atoms with E-state index in [2.05, 4.69) is 0 Å². The summed E-state index contributed by atoms with van der Waals surface area (Å²) in [4.78, 5) is 44.9. The largest absolute Gasteiger partial charge is 0.496 e. The van der Waals surface area contributed by atoms with Crippen molar-refractivity contribution in [1.82, 2.24) is 10.6 Å². The Bertz CT molecular complexity index is 1000. The minimum Gasteiger partial charge on any atom is -0.496 e. The second-order valence-electron chi connectivity index (χ2n) is 5.26. The van der Waals surface area contributed by atoms with Gasteiger partial charge in [0.2, 0.25) is 0 Å². The van der Waals surface area contributed by atoms with Gasteiger partial charge in [-0.2, -0.15) is 0 Å². The van der Waals surface area contributed by atoms with Gasteiger partial charge in [0.1, 0.15) is 27.9 Å². The Kier molecular flexibility index (Phi) is 4.65. The summed E-state index contributed by atoms with van der Waals surface area (Å²) >= 11 is 5.93. The third kappa shape index (κ3) is 3.51. The van der Waals surface area contributed by atoms with Crippen molar-refractivity contribution in [3.63, 3.8) is 0 Å². The molecule has 1 aliphatic heterocycles. The fraction of sp³-hybridized carbons (Fsp3) is 0.0625. The van der Waals surface area contributed by atoms with Crippen molar-refractivity contribution in [3.8, 4) is 17.1 Å². The summed E-state index contributed by atoms with van der Waals surface area (Å²) in [7, 11) is 1.33. The Hall–Kier alpha value is -3.66. The first-order valence-electron chi connectivity index (χ1n) is 7.30. The number of halogens is 1. The number of benzene rings is 1. The molecule has 11 heteroatoms. The number of barbiturate groups is 1. The van der Waals surface area contributed by atoms with Gasteiger partial charge in [-0.3, -0.25) is 30.3 Å². The molecule has 0 spiro atoms. The van der Waals surface area contributed by atoms with Crippen molar-refractivity contribution < 1.29 is 28.5 Å². The number of nitro groups is 1. The van der Waals surface area contributed by atoms with Crippen LogP contribution in [0.2, 0.25) is 5.02 Å². The molecule has 1 fully saturated rings. The summed E-state index contributed by atoms with van der Waals surface area (Å²) in [6.45, 7) is 0. The van der Waals surface area contributed by atoms with Gasteiger partial charge in [-0.15, -0.1) is 0 Å². The molecule has 1 aromatic carbocycles. The van der Waals surface area contributed by atoms with Crippen molar-refractivity contribution in [2.45, 2.75) is 0 Å². The average molecular weight is 392 g/mol. The van der Waals surface area contributed by atoms with Crippen molar-refractivity contribution in [2.75, 3.05) is 7.11 Å². The minimum absolute atomic E-state index is 0.114. The van der Waals surface area contributed by atoms with Crippen LogP contribution in [0.5, 0.6) is 5.75 Å². The number of furan rings is 1. The molecule has 2 aromatic rings. The van der Waals surface area contributed by atoms with Crippen molar-refractivity contribution in [2.24, 2.45) is 0 Å². The van der Waals surface area contributed by atoms with Gasteiger partial charge in [-0.25, -0.2) is 4.79 Å². The van der Waals surface area contributed by atoms with Crippen molar-refractivity contribution >= 4 is 41.2 Å². The number of carbonyl (C=O) groups excluding carboxylic acids is 3. The molecule has 138 valence electrons. The average Bonchev–Trinajstić information content (AvgIpc) is 3.06. The molecule has 10 nitrogen and oxygen atoms in total. The summed E-state index contributed by atoms with van der Waals surface area (Å²) < 4.78 is 10.7. The molecule has 2 heterocycles. The van der Waals surface area contributed by atoms with E-state index in [-0.39, 0.29) is 33.6 Å². The third-order valence-corrected chi connectivity index (χ3v) is 3.89. The molecule has 0 aliphatic carbocycles. The van der Waals surface area contributed by atoms with E-state index in [1.165, 1.54) is 25.3 Å². The number of nitro benzene ring substituents is 1. The number of methoxy groups -OCH3 is 1. The molecule has 1 aliphatic rings. The molecule has 27 heavy (non-hydrogen) atoms. The minimum atomic E-state index is -0.910. The van der Waals surface area contributed by atoms with Crippen LogP contribution < -0.4 is 15.4 Å². The maximum atomic E-state index is 11.7. The first-order chi connectivity index (χ1) is 12.8. The lowest BCUT2D eigenvalue weighted by Gasteiger charge is -2.13. The highest BCUT2D eigenvalue weighted by molar-refractivity contribution is 6.33. The number of hydrogen-bond acceptors (Lipinski definition) is 7. The SMILES string of the molecule is COc1cc([N+](=O)[O-])c(Cl)cc1-c1ccc(C=C2C(=O)NC(=O)NC2=O)o1.